The Morgan fingerprint density at radius 3 is 2.60 bits per heavy atom. The monoisotopic (exact) mass is 325 g/mol. The Labute approximate surface area is 125 Å². The van der Waals surface area contributed by atoms with Crippen LogP contribution in [0.3, 0.4) is 0 Å². The van der Waals surface area contributed by atoms with Crippen molar-refractivity contribution in [2.24, 2.45) is 5.92 Å². The van der Waals surface area contributed by atoms with Crippen LogP contribution in [-0.4, -0.2) is 17.4 Å². The zero-order valence-corrected chi connectivity index (χ0v) is 12.6. The fraction of sp³-hybridized carbons (Fsp3) is 0.462. The van der Waals surface area contributed by atoms with Crippen molar-refractivity contribution in [3.63, 3.8) is 0 Å². The van der Waals surface area contributed by atoms with Crippen LogP contribution in [0.25, 0.3) is 0 Å². The molecular formula is C13H15ClF3NOS. The zero-order valence-electron chi connectivity index (χ0n) is 11.1. The molecule has 1 rings (SSSR count). The molecule has 0 saturated carbocycles. The molecule has 0 saturated heterocycles. The molecule has 0 atom stereocenters. The third-order valence-electron chi connectivity index (χ3n) is 2.25. The van der Waals surface area contributed by atoms with Gasteiger partial charge in [-0.3, -0.25) is 4.79 Å². The molecule has 0 aliphatic heterocycles. The van der Waals surface area contributed by atoms with E-state index in [1.165, 1.54) is 11.8 Å². The SMILES string of the molecule is CC(C)CSCC(=O)Nc1cc(C(F)(F)F)ccc1Cl. The first-order chi connectivity index (χ1) is 9.20. The van der Waals surface area contributed by atoms with Gasteiger partial charge in [0.15, 0.2) is 0 Å². The molecule has 1 amide bonds. The smallest absolute Gasteiger partial charge is 0.324 e. The van der Waals surface area contributed by atoms with Crippen molar-refractivity contribution in [3.8, 4) is 0 Å². The van der Waals surface area contributed by atoms with E-state index >= 15 is 0 Å². The van der Waals surface area contributed by atoms with Crippen LogP contribution in [0.1, 0.15) is 19.4 Å². The third kappa shape index (κ3) is 5.63. The molecule has 0 unspecified atom stereocenters. The largest absolute Gasteiger partial charge is 0.416 e. The molecule has 2 nitrogen and oxygen atoms in total. The summed E-state index contributed by atoms with van der Waals surface area (Å²) >= 11 is 7.21. The van der Waals surface area contributed by atoms with E-state index in [9.17, 15) is 18.0 Å². The highest BCUT2D eigenvalue weighted by Gasteiger charge is 2.31. The highest BCUT2D eigenvalue weighted by Crippen LogP contribution is 2.33. The summed E-state index contributed by atoms with van der Waals surface area (Å²) in [6.45, 7) is 4.04. The van der Waals surface area contributed by atoms with Gasteiger partial charge < -0.3 is 5.32 Å². The van der Waals surface area contributed by atoms with Crippen molar-refractivity contribution in [1.29, 1.82) is 0 Å². The fourth-order valence-electron chi connectivity index (χ4n) is 1.37. The van der Waals surface area contributed by atoms with Crippen LogP contribution < -0.4 is 5.32 Å². The van der Waals surface area contributed by atoms with Gasteiger partial charge >= 0.3 is 6.18 Å². The molecule has 0 fully saturated rings. The number of hydrogen-bond acceptors (Lipinski definition) is 2. The second-order valence-corrected chi connectivity index (χ2v) is 6.09. The summed E-state index contributed by atoms with van der Waals surface area (Å²) in [5.74, 6) is 1.08. The molecule has 0 heterocycles. The number of carbonyl (C=O) groups is 1. The minimum Gasteiger partial charge on any atom is -0.324 e. The topological polar surface area (TPSA) is 29.1 Å². The molecule has 0 aliphatic carbocycles. The second kappa shape index (κ2) is 7.22. The first kappa shape index (κ1) is 17.2. The van der Waals surface area contributed by atoms with Gasteiger partial charge in [-0.2, -0.15) is 24.9 Å². The Morgan fingerprint density at radius 2 is 2.05 bits per heavy atom. The van der Waals surface area contributed by atoms with Gasteiger partial charge in [0.1, 0.15) is 0 Å². The quantitative estimate of drug-likeness (QED) is 0.851. The number of carbonyl (C=O) groups excluding carboxylic acids is 1. The molecular weight excluding hydrogens is 311 g/mol. The van der Waals surface area contributed by atoms with Crippen LogP contribution in [0, 0.1) is 5.92 Å². The molecule has 1 N–H and O–H groups in total. The first-order valence-electron chi connectivity index (χ1n) is 5.94. The standard InChI is InChI=1S/C13H15ClF3NOS/c1-8(2)6-20-7-12(19)18-11-5-9(13(15,16)17)3-4-10(11)14/h3-5,8H,6-7H2,1-2H3,(H,18,19). The van der Waals surface area contributed by atoms with Crippen molar-refractivity contribution < 1.29 is 18.0 Å². The first-order valence-corrected chi connectivity index (χ1v) is 7.47. The lowest BCUT2D eigenvalue weighted by atomic mass is 10.2. The van der Waals surface area contributed by atoms with Crippen LogP contribution in [0.15, 0.2) is 18.2 Å². The Hall–Kier alpha value is -0.880. The van der Waals surface area contributed by atoms with Crippen LogP contribution in [0.4, 0.5) is 18.9 Å². The normalized spacial score (nSPS) is 11.8. The number of hydrogen-bond donors (Lipinski definition) is 1. The van der Waals surface area contributed by atoms with Crippen LogP contribution in [0.5, 0.6) is 0 Å². The molecule has 1 aromatic rings. The maximum atomic E-state index is 12.6. The van der Waals surface area contributed by atoms with E-state index in [0.29, 0.717) is 5.92 Å². The van der Waals surface area contributed by atoms with Gasteiger partial charge in [0.2, 0.25) is 5.91 Å². The lowest BCUT2D eigenvalue weighted by molar-refractivity contribution is -0.137. The van der Waals surface area contributed by atoms with Gasteiger partial charge in [-0.05, 0) is 29.9 Å². The summed E-state index contributed by atoms with van der Waals surface area (Å²) in [4.78, 5) is 11.6. The van der Waals surface area contributed by atoms with Crippen molar-refractivity contribution in [3.05, 3.63) is 28.8 Å². The lowest BCUT2D eigenvalue weighted by Gasteiger charge is -2.11. The van der Waals surface area contributed by atoms with Gasteiger partial charge in [0.25, 0.3) is 0 Å². The maximum absolute atomic E-state index is 12.6. The molecule has 1 aromatic carbocycles. The molecule has 0 bridgehead atoms. The fourth-order valence-corrected chi connectivity index (χ4v) is 2.38. The summed E-state index contributed by atoms with van der Waals surface area (Å²) in [6.07, 6.45) is -4.46. The average molecular weight is 326 g/mol. The van der Waals surface area contributed by atoms with E-state index in [-0.39, 0.29) is 22.4 Å². The maximum Gasteiger partial charge on any atom is 0.416 e. The molecule has 0 spiro atoms. The number of amides is 1. The predicted molar refractivity (Wildman–Crippen MR) is 77.2 cm³/mol. The number of anilines is 1. The van der Waals surface area contributed by atoms with E-state index < -0.39 is 11.7 Å². The third-order valence-corrected chi connectivity index (χ3v) is 3.95. The van der Waals surface area contributed by atoms with E-state index in [1.807, 2.05) is 13.8 Å². The van der Waals surface area contributed by atoms with Crippen molar-refractivity contribution in [2.45, 2.75) is 20.0 Å². The minimum atomic E-state index is -4.46. The second-order valence-electron chi connectivity index (χ2n) is 4.65. The number of halogens is 4. The van der Waals surface area contributed by atoms with Gasteiger partial charge in [0, 0.05) is 0 Å². The van der Waals surface area contributed by atoms with Crippen molar-refractivity contribution in [1.82, 2.24) is 0 Å². The predicted octanol–water partition coefficient (Wildman–Crippen LogP) is 4.69. The number of thioether (sulfide) groups is 1. The number of nitrogens with one attached hydrogen (secondary N) is 1. The summed E-state index contributed by atoms with van der Waals surface area (Å²) in [6, 6.07) is 2.85. The van der Waals surface area contributed by atoms with Gasteiger partial charge in [-0.25, -0.2) is 0 Å². The lowest BCUT2D eigenvalue weighted by Crippen LogP contribution is -2.16. The summed E-state index contributed by atoms with van der Waals surface area (Å²) in [5.41, 5.74) is -0.858. The Morgan fingerprint density at radius 1 is 1.40 bits per heavy atom. The van der Waals surface area contributed by atoms with E-state index in [1.54, 1.807) is 0 Å². The van der Waals surface area contributed by atoms with Gasteiger partial charge in [0.05, 0.1) is 22.0 Å². The molecule has 0 aromatic heterocycles. The Bertz CT molecular complexity index is 477. The highest BCUT2D eigenvalue weighted by molar-refractivity contribution is 7.99. The average Bonchev–Trinajstić information content (AvgIpc) is 2.30. The summed E-state index contributed by atoms with van der Waals surface area (Å²) < 4.78 is 37.7. The summed E-state index contributed by atoms with van der Waals surface area (Å²) in [5, 5.41) is 2.49. The number of rotatable bonds is 5. The molecule has 112 valence electrons. The van der Waals surface area contributed by atoms with Crippen molar-refractivity contribution in [2.75, 3.05) is 16.8 Å². The van der Waals surface area contributed by atoms with Crippen LogP contribution in [-0.2, 0) is 11.0 Å². The summed E-state index contributed by atoms with van der Waals surface area (Å²) in [7, 11) is 0. The Kier molecular flexibility index (Phi) is 6.20. The molecule has 0 radical (unpaired) electrons. The molecule has 0 aliphatic rings. The highest BCUT2D eigenvalue weighted by atomic mass is 35.5. The minimum absolute atomic E-state index is 0.0170. The molecule has 7 heteroatoms. The van der Waals surface area contributed by atoms with E-state index in [0.717, 1.165) is 24.0 Å². The zero-order chi connectivity index (χ0) is 15.3. The Balaban J connectivity index is 2.69. The van der Waals surface area contributed by atoms with E-state index in [4.69, 9.17) is 11.6 Å². The van der Waals surface area contributed by atoms with Crippen LogP contribution in [0.2, 0.25) is 5.02 Å². The van der Waals surface area contributed by atoms with Crippen molar-refractivity contribution >= 4 is 35.0 Å². The number of alkyl halides is 3. The van der Waals surface area contributed by atoms with Gasteiger partial charge in [-0.1, -0.05) is 25.4 Å². The van der Waals surface area contributed by atoms with Crippen LogP contribution >= 0.6 is 23.4 Å². The van der Waals surface area contributed by atoms with Gasteiger partial charge in [-0.15, -0.1) is 0 Å². The molecule has 20 heavy (non-hydrogen) atoms. The van der Waals surface area contributed by atoms with E-state index in [2.05, 4.69) is 5.32 Å². The number of benzene rings is 1.